The molecule has 90 valence electrons. The second-order valence-corrected chi connectivity index (χ2v) is 5.29. The van der Waals surface area contributed by atoms with Gasteiger partial charge in [0.1, 0.15) is 0 Å². The third kappa shape index (κ3) is 2.80. The maximum Gasteiger partial charge on any atom is 0.0992 e. The second-order valence-electron chi connectivity index (χ2n) is 4.43. The molecule has 0 saturated heterocycles. The largest absolute Gasteiger partial charge is 0.396 e. The van der Waals surface area contributed by atoms with E-state index in [1.807, 2.05) is 12.1 Å². The highest BCUT2D eigenvalue weighted by Gasteiger charge is 2.26. The molecule has 1 aromatic carbocycles. The molecule has 3 nitrogen and oxygen atoms in total. The summed E-state index contributed by atoms with van der Waals surface area (Å²) in [6.07, 6.45) is 3.34. The van der Waals surface area contributed by atoms with Gasteiger partial charge in [-0.2, -0.15) is 5.26 Å². The Hall–Kier alpha value is -1.05. The Labute approximate surface area is 110 Å². The molecule has 2 unspecified atom stereocenters. The summed E-state index contributed by atoms with van der Waals surface area (Å²) in [4.78, 5) is 0. The van der Waals surface area contributed by atoms with E-state index in [9.17, 15) is 5.11 Å². The minimum absolute atomic E-state index is 0.242. The summed E-state index contributed by atoms with van der Waals surface area (Å²) < 4.78 is 0.903. The molecule has 0 heterocycles. The number of halogens is 1. The molecule has 0 bridgehead atoms. The number of aliphatic hydroxyl groups is 1. The van der Waals surface area contributed by atoms with E-state index in [1.165, 1.54) is 0 Å². The van der Waals surface area contributed by atoms with E-state index in [1.54, 1.807) is 6.07 Å². The molecule has 0 amide bonds. The van der Waals surface area contributed by atoms with Crippen molar-refractivity contribution in [1.29, 1.82) is 5.26 Å². The van der Waals surface area contributed by atoms with Crippen molar-refractivity contribution in [3.05, 3.63) is 28.2 Å². The van der Waals surface area contributed by atoms with Gasteiger partial charge in [-0.3, -0.25) is 0 Å². The zero-order valence-electron chi connectivity index (χ0n) is 9.49. The number of hydrogen-bond acceptors (Lipinski definition) is 3. The van der Waals surface area contributed by atoms with Crippen molar-refractivity contribution in [2.45, 2.75) is 25.3 Å². The van der Waals surface area contributed by atoms with Crippen LogP contribution in [0.3, 0.4) is 0 Å². The van der Waals surface area contributed by atoms with Crippen LogP contribution < -0.4 is 5.32 Å². The summed E-state index contributed by atoms with van der Waals surface area (Å²) in [5, 5.41) is 21.5. The maximum atomic E-state index is 9.27. The molecule has 2 rings (SSSR count). The number of anilines is 1. The van der Waals surface area contributed by atoms with Crippen molar-refractivity contribution < 1.29 is 5.11 Å². The van der Waals surface area contributed by atoms with Gasteiger partial charge in [-0.1, -0.05) is 6.42 Å². The Kier molecular flexibility index (Phi) is 4.03. The van der Waals surface area contributed by atoms with Crippen LogP contribution in [0.25, 0.3) is 0 Å². The van der Waals surface area contributed by atoms with Gasteiger partial charge in [0.25, 0.3) is 0 Å². The van der Waals surface area contributed by atoms with Crippen LogP contribution in [0, 0.1) is 17.2 Å². The van der Waals surface area contributed by atoms with Gasteiger partial charge in [-0.15, -0.1) is 0 Å². The minimum Gasteiger partial charge on any atom is -0.396 e. The van der Waals surface area contributed by atoms with Crippen molar-refractivity contribution in [2.75, 3.05) is 11.9 Å². The van der Waals surface area contributed by atoms with Crippen LogP contribution in [-0.2, 0) is 0 Å². The minimum atomic E-state index is 0.242. The van der Waals surface area contributed by atoms with Crippen molar-refractivity contribution in [1.82, 2.24) is 0 Å². The van der Waals surface area contributed by atoms with Gasteiger partial charge >= 0.3 is 0 Å². The molecular formula is C13H15BrN2O. The van der Waals surface area contributed by atoms with E-state index in [4.69, 9.17) is 5.26 Å². The molecule has 4 heteroatoms. The van der Waals surface area contributed by atoms with Crippen molar-refractivity contribution in [3.63, 3.8) is 0 Å². The number of rotatable bonds is 3. The summed E-state index contributed by atoms with van der Waals surface area (Å²) in [7, 11) is 0. The molecular weight excluding hydrogens is 280 g/mol. The summed E-state index contributed by atoms with van der Waals surface area (Å²) in [6, 6.07) is 7.97. The number of nitrogens with zero attached hydrogens (tertiary/aromatic N) is 1. The Bertz CT molecular complexity index is 442. The fourth-order valence-electron chi connectivity index (χ4n) is 2.35. The van der Waals surface area contributed by atoms with E-state index >= 15 is 0 Å². The highest BCUT2D eigenvalue weighted by atomic mass is 79.9. The molecule has 0 spiro atoms. The second kappa shape index (κ2) is 5.52. The highest BCUT2D eigenvalue weighted by molar-refractivity contribution is 9.10. The Morgan fingerprint density at radius 1 is 1.47 bits per heavy atom. The third-order valence-electron chi connectivity index (χ3n) is 3.33. The van der Waals surface area contributed by atoms with Gasteiger partial charge in [0.2, 0.25) is 0 Å². The van der Waals surface area contributed by atoms with Crippen molar-refractivity contribution in [2.24, 2.45) is 5.92 Å². The zero-order valence-corrected chi connectivity index (χ0v) is 11.1. The normalized spacial score (nSPS) is 23.4. The summed E-state index contributed by atoms with van der Waals surface area (Å²) in [6.45, 7) is 0.242. The molecule has 2 N–H and O–H groups in total. The monoisotopic (exact) mass is 294 g/mol. The molecule has 1 saturated carbocycles. The molecule has 1 aliphatic carbocycles. The van der Waals surface area contributed by atoms with Crippen molar-refractivity contribution in [3.8, 4) is 6.07 Å². The molecule has 1 aliphatic rings. The molecule has 0 aliphatic heterocycles. The molecule has 0 radical (unpaired) electrons. The van der Waals surface area contributed by atoms with Gasteiger partial charge in [0.15, 0.2) is 0 Å². The first-order valence-electron chi connectivity index (χ1n) is 5.81. The average Bonchev–Trinajstić information content (AvgIpc) is 2.79. The standard InChI is InChI=1S/C13H15BrN2O/c14-11-6-9(7-15)4-5-13(11)16-12-3-1-2-10(12)8-17/h4-6,10,12,16-17H,1-3,8H2. The summed E-state index contributed by atoms with van der Waals surface area (Å²) >= 11 is 3.46. The number of aliphatic hydroxyl groups excluding tert-OH is 1. The Balaban J connectivity index is 2.11. The van der Waals surface area contributed by atoms with Crippen LogP contribution in [0.1, 0.15) is 24.8 Å². The average molecular weight is 295 g/mol. The maximum absolute atomic E-state index is 9.27. The number of benzene rings is 1. The van der Waals surface area contributed by atoms with Gasteiger partial charge in [-0.25, -0.2) is 0 Å². The van der Waals surface area contributed by atoms with E-state index in [2.05, 4.69) is 27.3 Å². The molecule has 1 fully saturated rings. The lowest BCUT2D eigenvalue weighted by Gasteiger charge is -2.21. The van der Waals surface area contributed by atoms with Crippen LogP contribution in [0.15, 0.2) is 22.7 Å². The SMILES string of the molecule is N#Cc1ccc(NC2CCCC2CO)c(Br)c1. The predicted molar refractivity (Wildman–Crippen MR) is 70.7 cm³/mol. The van der Waals surface area contributed by atoms with Gasteiger partial charge in [-0.05, 0) is 47.0 Å². The predicted octanol–water partition coefficient (Wildman–Crippen LogP) is 2.89. The number of hydrogen-bond donors (Lipinski definition) is 2. The number of nitriles is 1. The van der Waals surface area contributed by atoms with Gasteiger partial charge in [0, 0.05) is 28.7 Å². The third-order valence-corrected chi connectivity index (χ3v) is 3.99. The fourth-order valence-corrected chi connectivity index (χ4v) is 2.84. The topological polar surface area (TPSA) is 56.0 Å². The molecule has 1 aromatic rings. The molecule has 17 heavy (non-hydrogen) atoms. The Morgan fingerprint density at radius 3 is 2.94 bits per heavy atom. The lowest BCUT2D eigenvalue weighted by atomic mass is 10.0. The molecule has 2 atom stereocenters. The van der Waals surface area contributed by atoms with Crippen LogP contribution in [0.4, 0.5) is 5.69 Å². The quantitative estimate of drug-likeness (QED) is 0.901. The van der Waals surface area contributed by atoms with E-state index in [0.29, 0.717) is 17.5 Å². The zero-order chi connectivity index (χ0) is 12.3. The van der Waals surface area contributed by atoms with Crippen LogP contribution in [0.2, 0.25) is 0 Å². The first kappa shape index (κ1) is 12.4. The molecule has 0 aromatic heterocycles. The fraction of sp³-hybridized carbons (Fsp3) is 0.462. The lowest BCUT2D eigenvalue weighted by molar-refractivity contribution is 0.222. The van der Waals surface area contributed by atoms with Gasteiger partial charge < -0.3 is 10.4 Å². The van der Waals surface area contributed by atoms with Gasteiger partial charge in [0.05, 0.1) is 11.6 Å². The van der Waals surface area contributed by atoms with E-state index < -0.39 is 0 Å². The van der Waals surface area contributed by atoms with E-state index in [-0.39, 0.29) is 6.61 Å². The first-order chi connectivity index (χ1) is 8.24. The van der Waals surface area contributed by atoms with E-state index in [0.717, 1.165) is 29.4 Å². The van der Waals surface area contributed by atoms with Crippen molar-refractivity contribution >= 4 is 21.6 Å². The number of nitrogens with one attached hydrogen (secondary N) is 1. The Morgan fingerprint density at radius 2 is 2.29 bits per heavy atom. The van der Waals surface area contributed by atoms with Crippen LogP contribution in [0.5, 0.6) is 0 Å². The van der Waals surface area contributed by atoms with Crippen LogP contribution in [-0.4, -0.2) is 17.8 Å². The highest BCUT2D eigenvalue weighted by Crippen LogP contribution is 2.31. The van der Waals surface area contributed by atoms with Crippen LogP contribution >= 0.6 is 15.9 Å². The summed E-state index contributed by atoms with van der Waals surface area (Å²) in [5.74, 6) is 0.345. The summed E-state index contributed by atoms with van der Waals surface area (Å²) in [5.41, 5.74) is 1.64. The smallest absolute Gasteiger partial charge is 0.0992 e. The first-order valence-corrected chi connectivity index (χ1v) is 6.61. The lowest BCUT2D eigenvalue weighted by Crippen LogP contribution is -2.26.